The first-order chi connectivity index (χ1) is 12.0. The molecule has 0 saturated carbocycles. The largest absolute Gasteiger partial charge is 0.476 e. The van der Waals surface area contributed by atoms with E-state index in [-0.39, 0.29) is 17.6 Å². The van der Waals surface area contributed by atoms with Gasteiger partial charge in [-0.3, -0.25) is 4.79 Å². The van der Waals surface area contributed by atoms with Gasteiger partial charge in [0.15, 0.2) is 0 Å². The number of rotatable bonds is 4. The molecule has 1 aliphatic rings. The fourth-order valence-corrected chi connectivity index (χ4v) is 3.12. The van der Waals surface area contributed by atoms with Crippen LogP contribution in [0.5, 0.6) is 5.88 Å². The van der Waals surface area contributed by atoms with Crippen molar-refractivity contribution >= 4 is 17.6 Å². The molecule has 1 amide bonds. The first-order valence-corrected chi connectivity index (χ1v) is 8.18. The minimum Gasteiger partial charge on any atom is -0.476 e. The molecule has 3 rings (SSSR count). The zero-order valence-electron chi connectivity index (χ0n) is 14.5. The van der Waals surface area contributed by atoms with Crippen LogP contribution in [0.4, 0.5) is 5.69 Å². The number of amides is 1. The van der Waals surface area contributed by atoms with Crippen LogP contribution in [-0.4, -0.2) is 37.3 Å². The Morgan fingerprint density at radius 2 is 2.12 bits per heavy atom. The number of carbonyl (C=O) groups excluding carboxylic acids is 2. The average Bonchev–Trinajstić information content (AvgIpc) is 3.08. The maximum atomic E-state index is 12.9. The summed E-state index contributed by atoms with van der Waals surface area (Å²) in [5, 5.41) is 3.74. The van der Waals surface area contributed by atoms with Crippen LogP contribution in [0.25, 0.3) is 0 Å². The van der Waals surface area contributed by atoms with E-state index in [2.05, 4.69) is 5.16 Å². The van der Waals surface area contributed by atoms with Crippen LogP contribution in [-0.2, 0) is 11.2 Å². The lowest BCUT2D eigenvalue weighted by Crippen LogP contribution is -2.36. The van der Waals surface area contributed by atoms with E-state index < -0.39 is 0 Å². The SMILES string of the molecule is CCOc1cc(C(=O)N2CCCc3cc(C(=O)OC)cc(C)c32)on1. The maximum Gasteiger partial charge on any atom is 0.337 e. The number of carbonyl (C=O) groups is 2. The van der Waals surface area contributed by atoms with Gasteiger partial charge in [-0.2, -0.15) is 0 Å². The van der Waals surface area contributed by atoms with Gasteiger partial charge in [-0.05, 0) is 55.1 Å². The summed E-state index contributed by atoms with van der Waals surface area (Å²) in [4.78, 5) is 26.3. The molecule has 0 radical (unpaired) electrons. The first-order valence-electron chi connectivity index (χ1n) is 8.18. The zero-order valence-corrected chi connectivity index (χ0v) is 14.5. The van der Waals surface area contributed by atoms with Crippen molar-refractivity contribution in [2.75, 3.05) is 25.2 Å². The van der Waals surface area contributed by atoms with Gasteiger partial charge in [0.25, 0.3) is 11.8 Å². The second-order valence-corrected chi connectivity index (χ2v) is 5.82. The number of anilines is 1. The van der Waals surface area contributed by atoms with Crippen molar-refractivity contribution < 1.29 is 23.6 Å². The van der Waals surface area contributed by atoms with Gasteiger partial charge in [0.1, 0.15) is 0 Å². The predicted molar refractivity (Wildman–Crippen MR) is 90.2 cm³/mol. The second-order valence-electron chi connectivity index (χ2n) is 5.82. The smallest absolute Gasteiger partial charge is 0.337 e. The van der Waals surface area contributed by atoms with Gasteiger partial charge in [0.05, 0.1) is 31.0 Å². The molecule has 0 spiro atoms. The second kappa shape index (κ2) is 6.96. The molecule has 0 atom stereocenters. The van der Waals surface area contributed by atoms with Crippen molar-refractivity contribution in [3.05, 3.63) is 40.6 Å². The Labute approximate surface area is 145 Å². The van der Waals surface area contributed by atoms with Crippen LogP contribution in [0, 0.1) is 6.92 Å². The molecular formula is C18H20N2O5. The van der Waals surface area contributed by atoms with E-state index in [9.17, 15) is 9.59 Å². The summed E-state index contributed by atoms with van der Waals surface area (Å²) < 4.78 is 15.2. The number of aryl methyl sites for hydroxylation is 2. The van der Waals surface area contributed by atoms with E-state index in [0.29, 0.717) is 24.6 Å². The van der Waals surface area contributed by atoms with Crippen molar-refractivity contribution in [3.63, 3.8) is 0 Å². The Bertz CT molecular complexity index is 812. The molecular weight excluding hydrogens is 324 g/mol. The number of methoxy groups -OCH3 is 1. The molecule has 0 aliphatic carbocycles. The molecule has 7 nitrogen and oxygen atoms in total. The number of hydrogen-bond donors (Lipinski definition) is 0. The molecule has 0 N–H and O–H groups in total. The van der Waals surface area contributed by atoms with Gasteiger partial charge >= 0.3 is 5.97 Å². The monoisotopic (exact) mass is 344 g/mol. The van der Waals surface area contributed by atoms with Crippen LogP contribution in [0.1, 0.15) is 45.4 Å². The Morgan fingerprint density at radius 1 is 1.32 bits per heavy atom. The van der Waals surface area contributed by atoms with E-state index >= 15 is 0 Å². The van der Waals surface area contributed by atoms with Crippen LogP contribution in [0.15, 0.2) is 22.7 Å². The zero-order chi connectivity index (χ0) is 18.0. The summed E-state index contributed by atoms with van der Waals surface area (Å²) in [6.07, 6.45) is 1.60. The molecule has 2 aromatic rings. The number of ether oxygens (including phenoxy) is 2. The number of esters is 1. The molecule has 0 fully saturated rings. The van der Waals surface area contributed by atoms with Gasteiger partial charge < -0.3 is 18.9 Å². The first kappa shape index (κ1) is 17.0. The van der Waals surface area contributed by atoms with E-state index in [0.717, 1.165) is 29.7 Å². The van der Waals surface area contributed by atoms with Gasteiger partial charge in [-0.1, -0.05) is 0 Å². The molecule has 1 aliphatic heterocycles. The standard InChI is InChI=1S/C18H20N2O5/c1-4-24-15-10-14(25-19-15)17(21)20-7-5-6-12-9-13(18(22)23-3)8-11(2)16(12)20/h8-10H,4-7H2,1-3H3. The van der Waals surface area contributed by atoms with E-state index in [1.807, 2.05) is 13.8 Å². The third-order valence-corrected chi connectivity index (χ3v) is 4.13. The molecule has 1 aromatic carbocycles. The van der Waals surface area contributed by atoms with Crippen LogP contribution in [0.2, 0.25) is 0 Å². The van der Waals surface area contributed by atoms with Crippen LogP contribution >= 0.6 is 0 Å². The van der Waals surface area contributed by atoms with Gasteiger partial charge in [-0.25, -0.2) is 4.79 Å². The Kier molecular flexibility index (Phi) is 4.74. The van der Waals surface area contributed by atoms with E-state index in [4.69, 9.17) is 14.0 Å². The highest BCUT2D eigenvalue weighted by Gasteiger charge is 2.29. The Morgan fingerprint density at radius 3 is 2.84 bits per heavy atom. The van der Waals surface area contributed by atoms with Gasteiger partial charge in [0.2, 0.25) is 5.76 Å². The lowest BCUT2D eigenvalue weighted by atomic mass is 9.95. The number of nitrogens with zero attached hydrogens (tertiary/aromatic N) is 2. The molecule has 2 heterocycles. The van der Waals surface area contributed by atoms with E-state index in [1.54, 1.807) is 17.0 Å². The molecule has 0 unspecified atom stereocenters. The summed E-state index contributed by atoms with van der Waals surface area (Å²) in [6.45, 7) is 4.74. The number of fused-ring (bicyclic) bond motifs is 1. The number of hydrogen-bond acceptors (Lipinski definition) is 6. The summed E-state index contributed by atoms with van der Waals surface area (Å²) in [5.41, 5.74) is 3.10. The number of benzene rings is 1. The molecule has 1 aromatic heterocycles. The summed E-state index contributed by atoms with van der Waals surface area (Å²) in [6, 6.07) is 5.03. The lowest BCUT2D eigenvalue weighted by molar-refractivity contribution is 0.0600. The van der Waals surface area contributed by atoms with Gasteiger partial charge in [-0.15, -0.1) is 0 Å². The fourth-order valence-electron chi connectivity index (χ4n) is 3.12. The lowest BCUT2D eigenvalue weighted by Gasteiger charge is -2.30. The quantitative estimate of drug-likeness (QED) is 0.793. The molecule has 25 heavy (non-hydrogen) atoms. The maximum absolute atomic E-state index is 12.9. The van der Waals surface area contributed by atoms with Crippen LogP contribution in [0.3, 0.4) is 0 Å². The fraction of sp³-hybridized carbons (Fsp3) is 0.389. The van der Waals surface area contributed by atoms with Crippen molar-refractivity contribution in [2.24, 2.45) is 0 Å². The van der Waals surface area contributed by atoms with Crippen molar-refractivity contribution in [1.29, 1.82) is 0 Å². The minimum atomic E-state index is -0.383. The molecule has 0 bridgehead atoms. The van der Waals surface area contributed by atoms with Crippen LogP contribution < -0.4 is 9.64 Å². The van der Waals surface area contributed by atoms with Crippen molar-refractivity contribution in [1.82, 2.24) is 5.16 Å². The predicted octanol–water partition coefficient (Wildman–Crippen LogP) is 2.76. The Balaban J connectivity index is 1.95. The van der Waals surface area contributed by atoms with Crippen molar-refractivity contribution in [3.8, 4) is 5.88 Å². The molecule has 7 heteroatoms. The Hall–Kier alpha value is -2.83. The van der Waals surface area contributed by atoms with E-state index in [1.165, 1.54) is 13.2 Å². The topological polar surface area (TPSA) is 81.9 Å². The number of aromatic nitrogens is 1. The molecule has 0 saturated heterocycles. The highest BCUT2D eigenvalue weighted by Crippen LogP contribution is 2.33. The van der Waals surface area contributed by atoms with Gasteiger partial charge in [0, 0.05) is 6.54 Å². The highest BCUT2D eigenvalue weighted by atomic mass is 16.5. The van der Waals surface area contributed by atoms with Crippen molar-refractivity contribution in [2.45, 2.75) is 26.7 Å². The summed E-state index contributed by atoms with van der Waals surface area (Å²) in [7, 11) is 1.35. The summed E-state index contributed by atoms with van der Waals surface area (Å²) >= 11 is 0. The highest BCUT2D eigenvalue weighted by molar-refractivity contribution is 6.06. The normalized spacial score (nSPS) is 13.3. The average molecular weight is 344 g/mol. The minimum absolute atomic E-state index is 0.132. The molecule has 132 valence electrons. The third kappa shape index (κ3) is 3.22. The summed E-state index contributed by atoms with van der Waals surface area (Å²) in [5.74, 6) is -0.229. The third-order valence-electron chi connectivity index (χ3n) is 4.13.